The van der Waals surface area contributed by atoms with Crippen LogP contribution in [-0.2, 0) is 26.9 Å². The number of sulfonamides is 1. The molecule has 0 amide bonds. The lowest BCUT2D eigenvalue weighted by atomic mass is 9.93. The van der Waals surface area contributed by atoms with Crippen LogP contribution in [0.15, 0.2) is 46.3 Å². The molecule has 5 rings (SSSR count). The molecule has 4 aromatic rings. The van der Waals surface area contributed by atoms with Crippen LogP contribution in [0.2, 0.25) is 0 Å². The maximum Gasteiger partial charge on any atom is 0.454 e. The third kappa shape index (κ3) is 4.07. The minimum absolute atomic E-state index is 0.00495. The van der Waals surface area contributed by atoms with Gasteiger partial charge in [0.2, 0.25) is 15.8 Å². The number of H-pyrrole nitrogens is 1. The van der Waals surface area contributed by atoms with Gasteiger partial charge in [0, 0.05) is 37.2 Å². The van der Waals surface area contributed by atoms with Crippen molar-refractivity contribution in [3.8, 4) is 22.5 Å². The number of carbonyl (C=O) groups is 1. The molecule has 0 atom stereocenters. The van der Waals surface area contributed by atoms with E-state index in [9.17, 15) is 34.8 Å². The van der Waals surface area contributed by atoms with E-state index >= 15 is 0 Å². The summed E-state index contributed by atoms with van der Waals surface area (Å²) < 4.78 is 94.2. The van der Waals surface area contributed by atoms with E-state index in [1.807, 2.05) is 0 Å². The lowest BCUT2D eigenvalue weighted by molar-refractivity contribution is -0.0884. The predicted molar refractivity (Wildman–Crippen MR) is 127 cm³/mol. The second-order valence-electron chi connectivity index (χ2n) is 8.60. The van der Waals surface area contributed by atoms with Crippen molar-refractivity contribution < 1.29 is 34.8 Å². The zero-order valence-corrected chi connectivity index (χ0v) is 20.9. The molecule has 1 saturated heterocycles. The van der Waals surface area contributed by atoms with Gasteiger partial charge in [0.25, 0.3) is 5.78 Å². The Morgan fingerprint density at radius 2 is 1.82 bits per heavy atom. The van der Waals surface area contributed by atoms with Gasteiger partial charge in [0.1, 0.15) is 4.90 Å². The Morgan fingerprint density at radius 3 is 2.37 bits per heavy atom. The van der Waals surface area contributed by atoms with Crippen molar-refractivity contribution in [2.75, 3.05) is 13.1 Å². The molecule has 0 unspecified atom stereocenters. The van der Waals surface area contributed by atoms with Crippen molar-refractivity contribution >= 4 is 36.5 Å². The van der Waals surface area contributed by atoms with Crippen LogP contribution in [0.4, 0.5) is 13.2 Å². The molecule has 1 fully saturated rings. The first kappa shape index (κ1) is 26.0. The van der Waals surface area contributed by atoms with E-state index in [0.717, 1.165) is 12.3 Å². The summed E-state index contributed by atoms with van der Waals surface area (Å²) in [6.45, 7) is 0.163. The molecule has 0 radical (unpaired) electrons. The first-order chi connectivity index (χ1) is 17.7. The molecule has 2 aromatic carbocycles. The largest absolute Gasteiger partial charge is 0.454 e. The highest BCUT2D eigenvalue weighted by Crippen LogP contribution is 2.43. The molecule has 4 N–H and O–H groups in total. The zero-order valence-electron chi connectivity index (χ0n) is 19.3. The molecule has 0 aliphatic carbocycles. The molecular formula is C21H18F3N7O5S2. The Hall–Kier alpha value is -3.67. The maximum absolute atomic E-state index is 13.5. The SMILES string of the molecule is Cn1cc(C(=O)C(F)(F)F)c2c(-c3ccc(S(=O)(=O)C4CNC4)c(S(N)(=O)=O)c3-c3nn[nH]n3)cccc21. The van der Waals surface area contributed by atoms with Crippen molar-refractivity contribution in [2.45, 2.75) is 21.2 Å². The summed E-state index contributed by atoms with van der Waals surface area (Å²) in [7, 11) is -7.57. The Morgan fingerprint density at radius 1 is 1.11 bits per heavy atom. The molecular weight excluding hydrogens is 551 g/mol. The second-order valence-corrected chi connectivity index (χ2v) is 12.3. The fourth-order valence-electron chi connectivity index (χ4n) is 4.44. The average molecular weight is 570 g/mol. The lowest BCUT2D eigenvalue weighted by Crippen LogP contribution is -2.51. The third-order valence-corrected chi connectivity index (χ3v) is 9.56. The van der Waals surface area contributed by atoms with Gasteiger partial charge in [0.15, 0.2) is 9.84 Å². The molecule has 0 spiro atoms. The minimum atomic E-state index is -5.20. The van der Waals surface area contributed by atoms with E-state index < -0.39 is 58.0 Å². The summed E-state index contributed by atoms with van der Waals surface area (Å²) in [4.78, 5) is 10.9. The van der Waals surface area contributed by atoms with Crippen LogP contribution in [-0.4, -0.2) is 72.3 Å². The first-order valence-corrected chi connectivity index (χ1v) is 13.9. The molecule has 1 aliphatic rings. The number of carbonyl (C=O) groups excluding carboxylic acids is 1. The Balaban J connectivity index is 1.93. The van der Waals surface area contributed by atoms with Crippen molar-refractivity contribution in [3.63, 3.8) is 0 Å². The van der Waals surface area contributed by atoms with Gasteiger partial charge in [-0.1, -0.05) is 18.2 Å². The fraction of sp³-hybridized carbons (Fsp3) is 0.238. The van der Waals surface area contributed by atoms with E-state index in [1.54, 1.807) is 0 Å². The number of Topliss-reactive ketones (excluding diaryl/α,β-unsaturated/α-hetero) is 1. The van der Waals surface area contributed by atoms with Gasteiger partial charge in [0.05, 0.1) is 21.3 Å². The van der Waals surface area contributed by atoms with Gasteiger partial charge < -0.3 is 9.88 Å². The van der Waals surface area contributed by atoms with E-state index in [-0.39, 0.29) is 40.9 Å². The number of nitrogens with one attached hydrogen (secondary N) is 2. The summed E-state index contributed by atoms with van der Waals surface area (Å²) in [5.41, 5.74) is -0.928. The van der Waals surface area contributed by atoms with Crippen LogP contribution in [0.25, 0.3) is 33.4 Å². The van der Waals surface area contributed by atoms with E-state index in [4.69, 9.17) is 5.14 Å². The highest BCUT2D eigenvalue weighted by atomic mass is 32.2. The molecule has 17 heteroatoms. The number of aryl methyl sites for hydroxylation is 1. The van der Waals surface area contributed by atoms with Crippen molar-refractivity contribution in [1.29, 1.82) is 0 Å². The van der Waals surface area contributed by atoms with Gasteiger partial charge >= 0.3 is 6.18 Å². The average Bonchev–Trinajstić information content (AvgIpc) is 3.43. The standard InChI is InChI=1S/C21H18F3N7O5S2/c1-31-9-13(19(32)21(22,23)24)16-11(3-2-4-14(16)31)12-5-6-15(37(33,34)10-7-26-8-10)18(38(25,35)36)17(12)20-27-29-30-28-20/h2-6,9-10,26H,7-8H2,1H3,(H2,25,35,36)(H,27,28,29,30). The Kier molecular flexibility index (Phi) is 5.93. The first-order valence-electron chi connectivity index (χ1n) is 10.8. The second kappa shape index (κ2) is 8.69. The van der Waals surface area contributed by atoms with Gasteiger partial charge in [-0.05, 0) is 28.5 Å². The topological polar surface area (TPSA) is 183 Å². The van der Waals surface area contributed by atoms with Crippen molar-refractivity contribution in [2.24, 2.45) is 12.2 Å². The molecule has 0 bridgehead atoms. The number of nitrogens with zero attached hydrogens (tertiary/aromatic N) is 4. The van der Waals surface area contributed by atoms with E-state index in [0.29, 0.717) is 0 Å². The predicted octanol–water partition coefficient (Wildman–Crippen LogP) is 1.16. The molecule has 1 aliphatic heterocycles. The minimum Gasteiger partial charge on any atom is -0.350 e. The molecule has 2 aromatic heterocycles. The molecule has 200 valence electrons. The number of primary sulfonamides is 1. The van der Waals surface area contributed by atoms with Crippen LogP contribution in [0.1, 0.15) is 10.4 Å². The Bertz CT molecular complexity index is 1810. The summed E-state index contributed by atoms with van der Waals surface area (Å²) in [6, 6.07) is 6.58. The number of nitrogens with two attached hydrogens (primary N) is 1. The van der Waals surface area contributed by atoms with Gasteiger partial charge in [-0.15, -0.1) is 10.2 Å². The van der Waals surface area contributed by atoms with E-state index in [2.05, 4.69) is 25.9 Å². The number of ketones is 1. The highest BCUT2D eigenvalue weighted by Gasteiger charge is 2.42. The Labute approximate surface area is 213 Å². The number of sulfone groups is 1. The van der Waals surface area contributed by atoms with Gasteiger partial charge in [-0.3, -0.25) is 4.79 Å². The number of hydrogen-bond acceptors (Lipinski definition) is 9. The van der Waals surface area contributed by atoms with Crippen LogP contribution < -0.4 is 10.5 Å². The van der Waals surface area contributed by atoms with Gasteiger partial charge in [-0.25, -0.2) is 22.0 Å². The number of alkyl halides is 3. The number of rotatable bonds is 6. The monoisotopic (exact) mass is 569 g/mol. The quantitative estimate of drug-likeness (QED) is 0.287. The van der Waals surface area contributed by atoms with E-state index in [1.165, 1.54) is 35.9 Å². The highest BCUT2D eigenvalue weighted by molar-refractivity contribution is 7.94. The number of halogens is 3. The number of benzene rings is 2. The molecule has 3 heterocycles. The van der Waals surface area contributed by atoms with Crippen molar-refractivity contribution in [1.82, 2.24) is 30.5 Å². The lowest BCUT2D eigenvalue weighted by Gasteiger charge is -2.28. The third-order valence-electron chi connectivity index (χ3n) is 6.27. The number of aromatic amines is 1. The van der Waals surface area contributed by atoms with Crippen LogP contribution in [0.5, 0.6) is 0 Å². The van der Waals surface area contributed by atoms with Crippen LogP contribution in [0.3, 0.4) is 0 Å². The summed E-state index contributed by atoms with van der Waals surface area (Å²) in [5.74, 6) is -2.48. The van der Waals surface area contributed by atoms with Gasteiger partial charge in [-0.2, -0.15) is 18.4 Å². The fourth-order valence-corrected chi connectivity index (χ4v) is 7.62. The number of hydrogen-bond donors (Lipinski definition) is 3. The number of tetrazole rings is 1. The smallest absolute Gasteiger partial charge is 0.350 e. The molecule has 12 nitrogen and oxygen atoms in total. The summed E-state index contributed by atoms with van der Waals surface area (Å²) in [5, 5.41) is 20.4. The van der Waals surface area contributed by atoms with Crippen LogP contribution >= 0.6 is 0 Å². The molecule has 0 saturated carbocycles. The van der Waals surface area contributed by atoms with Crippen molar-refractivity contribution in [3.05, 3.63) is 42.1 Å². The normalized spacial score (nSPS) is 15.1. The van der Waals surface area contributed by atoms with Crippen LogP contribution in [0, 0.1) is 0 Å². The number of aromatic nitrogens is 5. The molecule has 38 heavy (non-hydrogen) atoms. The summed E-state index contributed by atoms with van der Waals surface area (Å²) in [6.07, 6.45) is -4.18. The maximum atomic E-state index is 13.5. The number of fused-ring (bicyclic) bond motifs is 1. The zero-order chi connectivity index (χ0) is 27.6. The summed E-state index contributed by atoms with van der Waals surface area (Å²) >= 11 is 0.